The van der Waals surface area contributed by atoms with Gasteiger partial charge in [0.1, 0.15) is 5.69 Å². The van der Waals surface area contributed by atoms with Gasteiger partial charge in [0, 0.05) is 34.6 Å². The van der Waals surface area contributed by atoms with Gasteiger partial charge < -0.3 is 4.74 Å². The maximum Gasteiger partial charge on any atom is 0.101 e. The first-order valence-corrected chi connectivity index (χ1v) is 9.61. The zero-order valence-corrected chi connectivity index (χ0v) is 16.0. The lowest BCUT2D eigenvalue weighted by Gasteiger charge is -2.04. The van der Waals surface area contributed by atoms with Crippen LogP contribution in [0.3, 0.4) is 0 Å². The molecular formula is C21H20BrN3O. The van der Waals surface area contributed by atoms with E-state index in [-0.39, 0.29) is 6.10 Å². The lowest BCUT2D eigenvalue weighted by Crippen LogP contribution is -2.08. The number of nitrogens with zero attached hydrogens (tertiary/aromatic N) is 3. The third-order valence-corrected chi connectivity index (χ3v) is 4.97. The van der Waals surface area contributed by atoms with E-state index >= 15 is 0 Å². The summed E-state index contributed by atoms with van der Waals surface area (Å²) >= 11 is 3.49. The molecule has 0 bridgehead atoms. The van der Waals surface area contributed by atoms with E-state index in [4.69, 9.17) is 9.84 Å². The first-order valence-electron chi connectivity index (χ1n) is 8.82. The summed E-state index contributed by atoms with van der Waals surface area (Å²) in [5.74, 6) is 0. The third-order valence-electron chi connectivity index (χ3n) is 4.44. The fourth-order valence-corrected chi connectivity index (χ4v) is 3.35. The molecule has 0 radical (unpaired) electrons. The standard InChI is InChI=1S/C21H20BrN3O/c22-18-10-8-16(9-11-18)21-17(13-23-14-20-7-4-12-26-20)15-25(24-21)19-5-2-1-3-6-19/h1-3,5-6,8-11,13,15,20H,4,7,12,14H2. The zero-order valence-electron chi connectivity index (χ0n) is 14.4. The molecule has 0 amide bonds. The van der Waals surface area contributed by atoms with Crippen LogP contribution < -0.4 is 0 Å². The number of hydrogen-bond donors (Lipinski definition) is 0. The first-order chi connectivity index (χ1) is 12.8. The van der Waals surface area contributed by atoms with Gasteiger partial charge in [-0.05, 0) is 37.1 Å². The smallest absolute Gasteiger partial charge is 0.101 e. The van der Waals surface area contributed by atoms with Gasteiger partial charge in [-0.2, -0.15) is 5.10 Å². The van der Waals surface area contributed by atoms with E-state index in [1.54, 1.807) is 0 Å². The number of benzene rings is 2. The van der Waals surface area contributed by atoms with Crippen LogP contribution in [0.25, 0.3) is 16.9 Å². The van der Waals surface area contributed by atoms with Crippen molar-refractivity contribution in [3.8, 4) is 16.9 Å². The summed E-state index contributed by atoms with van der Waals surface area (Å²) in [4.78, 5) is 4.62. The van der Waals surface area contributed by atoms with Crippen molar-refractivity contribution in [1.82, 2.24) is 9.78 Å². The molecule has 1 fully saturated rings. The van der Waals surface area contributed by atoms with E-state index in [0.717, 1.165) is 46.4 Å². The number of ether oxygens (including phenoxy) is 1. The Morgan fingerprint density at radius 2 is 1.96 bits per heavy atom. The molecule has 4 nitrogen and oxygen atoms in total. The van der Waals surface area contributed by atoms with Gasteiger partial charge in [0.25, 0.3) is 0 Å². The molecule has 1 unspecified atom stereocenters. The van der Waals surface area contributed by atoms with Crippen LogP contribution in [-0.4, -0.2) is 35.3 Å². The van der Waals surface area contributed by atoms with Gasteiger partial charge in [-0.15, -0.1) is 0 Å². The normalized spacial score (nSPS) is 17.2. The van der Waals surface area contributed by atoms with E-state index in [1.165, 1.54) is 0 Å². The Hall–Kier alpha value is -2.24. The number of aromatic nitrogens is 2. The molecule has 26 heavy (non-hydrogen) atoms. The molecule has 2 aromatic carbocycles. The summed E-state index contributed by atoms with van der Waals surface area (Å²) in [7, 11) is 0. The molecule has 1 saturated heterocycles. The third kappa shape index (κ3) is 3.94. The van der Waals surface area contributed by atoms with Gasteiger partial charge in [0.05, 0.1) is 18.3 Å². The van der Waals surface area contributed by atoms with Crippen LogP contribution in [0, 0.1) is 0 Å². The highest BCUT2D eigenvalue weighted by Crippen LogP contribution is 2.24. The van der Waals surface area contributed by atoms with Gasteiger partial charge in [-0.1, -0.05) is 46.3 Å². The summed E-state index contributed by atoms with van der Waals surface area (Å²) in [6, 6.07) is 18.3. The topological polar surface area (TPSA) is 39.4 Å². The second-order valence-corrected chi connectivity index (χ2v) is 7.27. The number of halogens is 1. The monoisotopic (exact) mass is 409 g/mol. The number of para-hydroxylation sites is 1. The van der Waals surface area contributed by atoms with Crippen LogP contribution in [0.1, 0.15) is 18.4 Å². The Kier molecular flexibility index (Phi) is 5.27. The van der Waals surface area contributed by atoms with Crippen LogP contribution in [-0.2, 0) is 4.74 Å². The predicted octanol–water partition coefficient (Wildman–Crippen LogP) is 4.90. The fraction of sp³-hybridized carbons (Fsp3) is 0.238. The van der Waals surface area contributed by atoms with Crippen LogP contribution >= 0.6 is 15.9 Å². The van der Waals surface area contributed by atoms with Crippen molar-refractivity contribution in [2.45, 2.75) is 18.9 Å². The lowest BCUT2D eigenvalue weighted by atomic mass is 10.1. The Labute approximate surface area is 161 Å². The molecule has 1 aliphatic heterocycles. The fourth-order valence-electron chi connectivity index (χ4n) is 3.08. The number of hydrogen-bond acceptors (Lipinski definition) is 3. The second kappa shape index (κ2) is 7.98. The van der Waals surface area contributed by atoms with Crippen LogP contribution in [0.5, 0.6) is 0 Å². The minimum absolute atomic E-state index is 0.256. The second-order valence-electron chi connectivity index (χ2n) is 6.35. The molecule has 5 heteroatoms. The summed E-state index contributed by atoms with van der Waals surface area (Å²) in [5.41, 5.74) is 4.04. The van der Waals surface area contributed by atoms with Gasteiger partial charge in [-0.3, -0.25) is 4.99 Å². The van der Waals surface area contributed by atoms with Crippen molar-refractivity contribution in [2.75, 3.05) is 13.2 Å². The quantitative estimate of drug-likeness (QED) is 0.562. The molecule has 0 saturated carbocycles. The lowest BCUT2D eigenvalue weighted by molar-refractivity contribution is 0.118. The molecule has 132 valence electrons. The highest BCUT2D eigenvalue weighted by atomic mass is 79.9. The molecule has 0 N–H and O–H groups in total. The van der Waals surface area contributed by atoms with Gasteiger partial charge >= 0.3 is 0 Å². The van der Waals surface area contributed by atoms with Crippen molar-refractivity contribution in [2.24, 2.45) is 4.99 Å². The van der Waals surface area contributed by atoms with Crippen LogP contribution in [0.15, 0.2) is 70.3 Å². The van der Waals surface area contributed by atoms with Crippen molar-refractivity contribution in [3.63, 3.8) is 0 Å². The first kappa shape index (κ1) is 17.2. The van der Waals surface area contributed by atoms with Gasteiger partial charge in [0.15, 0.2) is 0 Å². The van der Waals surface area contributed by atoms with Crippen LogP contribution in [0.4, 0.5) is 0 Å². The van der Waals surface area contributed by atoms with Crippen molar-refractivity contribution >= 4 is 22.1 Å². The van der Waals surface area contributed by atoms with E-state index in [0.29, 0.717) is 6.54 Å². The Morgan fingerprint density at radius 1 is 1.15 bits per heavy atom. The molecule has 0 aliphatic carbocycles. The highest BCUT2D eigenvalue weighted by molar-refractivity contribution is 9.10. The molecule has 1 atom stereocenters. The minimum atomic E-state index is 0.256. The van der Waals surface area contributed by atoms with E-state index in [9.17, 15) is 0 Å². The molecular weight excluding hydrogens is 390 g/mol. The Morgan fingerprint density at radius 3 is 2.69 bits per heavy atom. The van der Waals surface area contributed by atoms with Gasteiger partial charge in [-0.25, -0.2) is 4.68 Å². The molecule has 1 aliphatic rings. The Balaban J connectivity index is 1.66. The summed E-state index contributed by atoms with van der Waals surface area (Å²) in [5, 5.41) is 4.81. The summed E-state index contributed by atoms with van der Waals surface area (Å²) < 4.78 is 8.61. The molecule has 3 aromatic rings. The SMILES string of the molecule is Brc1ccc(-c2nn(-c3ccccc3)cc2C=NCC2CCCO2)cc1. The Bertz CT molecular complexity index is 881. The minimum Gasteiger partial charge on any atom is -0.376 e. The van der Waals surface area contributed by atoms with Gasteiger partial charge in [0.2, 0.25) is 0 Å². The summed E-state index contributed by atoms with van der Waals surface area (Å²) in [6.07, 6.45) is 6.44. The largest absolute Gasteiger partial charge is 0.376 e. The molecule has 2 heterocycles. The van der Waals surface area contributed by atoms with Crippen molar-refractivity contribution in [3.05, 3.63) is 70.8 Å². The van der Waals surface area contributed by atoms with Crippen molar-refractivity contribution < 1.29 is 4.74 Å². The van der Waals surface area contributed by atoms with E-state index in [2.05, 4.69) is 33.1 Å². The van der Waals surface area contributed by atoms with E-state index in [1.807, 2.05) is 59.6 Å². The maximum atomic E-state index is 5.65. The average Bonchev–Trinajstić information content (AvgIpc) is 3.33. The highest BCUT2D eigenvalue weighted by Gasteiger charge is 2.15. The molecule has 0 spiro atoms. The molecule has 1 aromatic heterocycles. The van der Waals surface area contributed by atoms with E-state index < -0.39 is 0 Å². The maximum absolute atomic E-state index is 5.65. The average molecular weight is 410 g/mol. The zero-order chi connectivity index (χ0) is 17.8. The number of rotatable bonds is 5. The number of aliphatic imine (C=N–C) groups is 1. The van der Waals surface area contributed by atoms with Crippen LogP contribution in [0.2, 0.25) is 0 Å². The van der Waals surface area contributed by atoms with Crippen molar-refractivity contribution in [1.29, 1.82) is 0 Å². The summed E-state index contributed by atoms with van der Waals surface area (Å²) in [6.45, 7) is 1.56. The molecule has 4 rings (SSSR count). The predicted molar refractivity (Wildman–Crippen MR) is 108 cm³/mol.